The molecule has 0 radical (unpaired) electrons. The molecule has 7 nitrogen and oxygen atoms in total. The van der Waals surface area contributed by atoms with E-state index < -0.39 is 22.1 Å². The van der Waals surface area contributed by atoms with E-state index in [1.165, 1.54) is 4.31 Å². The molecule has 174 valence electrons. The fourth-order valence-electron chi connectivity index (χ4n) is 3.56. The van der Waals surface area contributed by atoms with Crippen LogP contribution in [0.15, 0.2) is 78.0 Å². The van der Waals surface area contributed by atoms with Crippen LogP contribution in [0.3, 0.4) is 0 Å². The molecular formula is C22H20F3N3O4S. The van der Waals surface area contributed by atoms with Crippen molar-refractivity contribution in [2.75, 3.05) is 26.2 Å². The van der Waals surface area contributed by atoms with Crippen molar-refractivity contribution in [3.8, 4) is 11.4 Å². The van der Waals surface area contributed by atoms with E-state index in [0.717, 1.165) is 30.0 Å². The number of amides is 1. The second kappa shape index (κ2) is 8.91. The smallest absolute Gasteiger partial charge is 0.406 e. The highest BCUT2D eigenvalue weighted by Gasteiger charge is 2.32. The summed E-state index contributed by atoms with van der Waals surface area (Å²) in [7, 11) is -3.91. The minimum Gasteiger partial charge on any atom is -0.406 e. The average molecular weight is 479 g/mol. The maximum absolute atomic E-state index is 12.8. The van der Waals surface area contributed by atoms with E-state index in [1.54, 1.807) is 17.0 Å². The Morgan fingerprint density at radius 2 is 1.42 bits per heavy atom. The predicted octanol–water partition coefficient (Wildman–Crippen LogP) is 3.52. The summed E-state index contributed by atoms with van der Waals surface area (Å²) in [5.74, 6) is -0.695. The number of benzene rings is 2. The van der Waals surface area contributed by atoms with Gasteiger partial charge in [-0.3, -0.25) is 4.79 Å². The quantitative estimate of drug-likeness (QED) is 0.562. The molecule has 0 aliphatic carbocycles. The molecule has 1 saturated heterocycles. The SMILES string of the molecule is O=C(c1ccc(-n2cccc2)cc1)N1CCN(S(=O)(=O)c2ccc(OC(F)(F)F)cc2)CC1. The number of rotatable bonds is 5. The molecule has 0 spiro atoms. The highest BCUT2D eigenvalue weighted by Crippen LogP contribution is 2.25. The standard InChI is InChI=1S/C22H20F3N3O4S/c23-22(24,25)32-19-7-9-20(10-8-19)33(30,31)28-15-13-27(14-16-28)21(29)17-3-5-18(6-4-17)26-11-1-2-12-26/h1-12H,13-16H2. The Bertz CT molecular complexity index is 1200. The monoisotopic (exact) mass is 479 g/mol. The minimum atomic E-state index is -4.86. The number of carbonyl (C=O) groups excluding carboxylic acids is 1. The first-order valence-electron chi connectivity index (χ1n) is 10.0. The highest BCUT2D eigenvalue weighted by atomic mass is 32.2. The maximum atomic E-state index is 12.8. The molecule has 0 atom stereocenters. The van der Waals surface area contributed by atoms with Gasteiger partial charge in [0.15, 0.2) is 0 Å². The molecule has 0 unspecified atom stereocenters. The van der Waals surface area contributed by atoms with Crippen molar-refractivity contribution in [2.45, 2.75) is 11.3 Å². The van der Waals surface area contributed by atoms with Crippen LogP contribution in [0.2, 0.25) is 0 Å². The Labute approximate surface area is 188 Å². The molecule has 0 bridgehead atoms. The molecule has 4 rings (SSSR count). The molecule has 33 heavy (non-hydrogen) atoms. The number of alkyl halides is 3. The lowest BCUT2D eigenvalue weighted by atomic mass is 10.1. The van der Waals surface area contributed by atoms with Gasteiger partial charge in [-0.15, -0.1) is 13.2 Å². The maximum Gasteiger partial charge on any atom is 0.573 e. The number of aromatic nitrogens is 1. The number of hydrogen-bond donors (Lipinski definition) is 0. The molecule has 1 aromatic heterocycles. The molecule has 1 amide bonds. The largest absolute Gasteiger partial charge is 0.573 e. The van der Waals surface area contributed by atoms with Crippen LogP contribution in [0.5, 0.6) is 5.75 Å². The Hall–Kier alpha value is -3.31. The van der Waals surface area contributed by atoms with E-state index in [0.29, 0.717) is 5.56 Å². The minimum absolute atomic E-state index is 0.0797. The van der Waals surface area contributed by atoms with Crippen LogP contribution >= 0.6 is 0 Å². The Balaban J connectivity index is 1.38. The molecule has 2 heterocycles. The Morgan fingerprint density at radius 3 is 1.97 bits per heavy atom. The number of hydrogen-bond acceptors (Lipinski definition) is 4. The second-order valence-corrected chi connectivity index (χ2v) is 9.29. The summed E-state index contributed by atoms with van der Waals surface area (Å²) in [5.41, 5.74) is 1.42. The van der Waals surface area contributed by atoms with Crippen LogP contribution in [0.4, 0.5) is 13.2 Å². The van der Waals surface area contributed by atoms with Gasteiger partial charge in [-0.25, -0.2) is 8.42 Å². The number of nitrogens with zero attached hydrogens (tertiary/aromatic N) is 3. The van der Waals surface area contributed by atoms with Crippen LogP contribution in [0.25, 0.3) is 5.69 Å². The molecule has 1 fully saturated rings. The topological polar surface area (TPSA) is 71.9 Å². The number of carbonyl (C=O) groups is 1. The third-order valence-electron chi connectivity index (χ3n) is 5.24. The normalized spacial score (nSPS) is 15.4. The van der Waals surface area contributed by atoms with Gasteiger partial charge in [-0.05, 0) is 60.7 Å². The van der Waals surface area contributed by atoms with Gasteiger partial charge in [0.1, 0.15) is 5.75 Å². The summed E-state index contributed by atoms with van der Waals surface area (Å²) < 4.78 is 69.5. The van der Waals surface area contributed by atoms with Gasteiger partial charge in [-0.1, -0.05) is 0 Å². The average Bonchev–Trinajstić information content (AvgIpc) is 3.33. The van der Waals surface area contributed by atoms with Crippen molar-refractivity contribution in [1.29, 1.82) is 0 Å². The third kappa shape index (κ3) is 5.20. The summed E-state index contributed by atoms with van der Waals surface area (Å²) in [5, 5.41) is 0. The number of sulfonamides is 1. The van der Waals surface area contributed by atoms with Gasteiger partial charge in [0.05, 0.1) is 4.90 Å². The van der Waals surface area contributed by atoms with Gasteiger partial charge in [0.2, 0.25) is 10.0 Å². The molecule has 1 aliphatic rings. The van der Waals surface area contributed by atoms with Crippen LogP contribution in [-0.2, 0) is 10.0 Å². The summed E-state index contributed by atoms with van der Waals surface area (Å²) in [6, 6.07) is 15.0. The first kappa shape index (κ1) is 22.9. The van der Waals surface area contributed by atoms with E-state index >= 15 is 0 Å². The van der Waals surface area contributed by atoms with Crippen molar-refractivity contribution in [3.05, 3.63) is 78.6 Å². The zero-order valence-electron chi connectivity index (χ0n) is 17.3. The zero-order chi connectivity index (χ0) is 23.6. The van der Waals surface area contributed by atoms with E-state index in [4.69, 9.17) is 0 Å². The van der Waals surface area contributed by atoms with Crippen molar-refractivity contribution in [1.82, 2.24) is 13.8 Å². The van der Waals surface area contributed by atoms with Gasteiger partial charge < -0.3 is 14.2 Å². The Morgan fingerprint density at radius 1 is 0.848 bits per heavy atom. The van der Waals surface area contributed by atoms with E-state index in [9.17, 15) is 26.4 Å². The zero-order valence-corrected chi connectivity index (χ0v) is 18.1. The molecule has 2 aromatic carbocycles. The molecule has 1 aliphatic heterocycles. The van der Waals surface area contributed by atoms with Crippen LogP contribution in [0, 0.1) is 0 Å². The molecule has 3 aromatic rings. The first-order chi connectivity index (χ1) is 15.6. The fraction of sp³-hybridized carbons (Fsp3) is 0.227. The summed E-state index contributed by atoms with van der Waals surface area (Å²) in [4.78, 5) is 14.3. The summed E-state index contributed by atoms with van der Waals surface area (Å²) >= 11 is 0. The van der Waals surface area contributed by atoms with Crippen LogP contribution < -0.4 is 4.74 Å². The second-order valence-electron chi connectivity index (χ2n) is 7.35. The number of piperazine rings is 1. The summed E-state index contributed by atoms with van der Waals surface area (Å²) in [6.45, 7) is 0.562. The highest BCUT2D eigenvalue weighted by molar-refractivity contribution is 7.89. The third-order valence-corrected chi connectivity index (χ3v) is 7.15. The van der Waals surface area contributed by atoms with Crippen molar-refractivity contribution < 1.29 is 31.1 Å². The lowest BCUT2D eigenvalue weighted by Gasteiger charge is -2.34. The summed E-state index contributed by atoms with van der Waals surface area (Å²) in [6.07, 6.45) is -1.06. The Kier molecular flexibility index (Phi) is 6.17. The lowest BCUT2D eigenvalue weighted by Crippen LogP contribution is -2.50. The molecular weight excluding hydrogens is 459 g/mol. The van der Waals surface area contributed by atoms with Crippen LogP contribution in [0.1, 0.15) is 10.4 Å². The first-order valence-corrected chi connectivity index (χ1v) is 11.5. The van der Waals surface area contributed by atoms with Crippen LogP contribution in [-0.4, -0.2) is 60.6 Å². The van der Waals surface area contributed by atoms with Crippen molar-refractivity contribution >= 4 is 15.9 Å². The van der Waals surface area contributed by atoms with Gasteiger partial charge >= 0.3 is 6.36 Å². The van der Waals surface area contributed by atoms with E-state index in [-0.39, 0.29) is 37.0 Å². The molecule has 0 N–H and O–H groups in total. The fourth-order valence-corrected chi connectivity index (χ4v) is 4.98. The molecule has 11 heteroatoms. The van der Waals surface area contributed by atoms with Crippen molar-refractivity contribution in [3.63, 3.8) is 0 Å². The van der Waals surface area contributed by atoms with Crippen molar-refractivity contribution in [2.24, 2.45) is 0 Å². The number of ether oxygens (including phenoxy) is 1. The van der Waals surface area contributed by atoms with E-state index in [2.05, 4.69) is 4.74 Å². The number of halogens is 3. The van der Waals surface area contributed by atoms with Gasteiger partial charge in [0.25, 0.3) is 5.91 Å². The van der Waals surface area contributed by atoms with Gasteiger partial charge in [0, 0.05) is 49.8 Å². The van der Waals surface area contributed by atoms with E-state index in [1.807, 2.05) is 41.2 Å². The lowest BCUT2D eigenvalue weighted by molar-refractivity contribution is -0.274. The van der Waals surface area contributed by atoms with Gasteiger partial charge in [-0.2, -0.15) is 4.31 Å². The predicted molar refractivity (Wildman–Crippen MR) is 114 cm³/mol. The molecule has 0 saturated carbocycles.